The van der Waals surface area contributed by atoms with E-state index in [-0.39, 0.29) is 17.4 Å². The van der Waals surface area contributed by atoms with Gasteiger partial charge in [-0.05, 0) is 108 Å². The average molecular weight is 657 g/mol. The van der Waals surface area contributed by atoms with Crippen LogP contribution in [-0.4, -0.2) is 10.2 Å². The van der Waals surface area contributed by atoms with Crippen LogP contribution < -0.4 is 11.1 Å². The molecule has 0 aliphatic heterocycles. The summed E-state index contributed by atoms with van der Waals surface area (Å²) >= 11 is 0. The molecule has 0 fully saturated rings. The summed E-state index contributed by atoms with van der Waals surface area (Å²) in [4.78, 5) is 0. The van der Waals surface area contributed by atoms with E-state index in [9.17, 15) is 10.2 Å². The van der Waals surface area contributed by atoms with Gasteiger partial charge in [0.25, 0.3) is 0 Å². The maximum absolute atomic E-state index is 11.4. The molecule has 2 atom stereocenters. The number of nitrogens with two attached hydrogens (primary N) is 1. The molecule has 2 unspecified atom stereocenters. The van der Waals surface area contributed by atoms with Crippen molar-refractivity contribution in [2.75, 3.05) is 0 Å². The molecule has 0 saturated carbocycles. The minimum Gasteiger partial charge on any atom is -0.504 e. The lowest BCUT2D eigenvalue weighted by atomic mass is 9.80. The second kappa shape index (κ2) is 17.7. The van der Waals surface area contributed by atoms with E-state index in [0.29, 0.717) is 12.8 Å². The summed E-state index contributed by atoms with van der Waals surface area (Å²) in [6.45, 7) is 16.9. The SMILES string of the molecule is C=Cc1cccc(-c2c(CCC)c(O)c(O)c(CC)c2CCC)c1-c1cc(C(N)N/C(=C\C(C)/C=C\C=C/C)C2=CC=CCC2)ccc1C. The van der Waals surface area contributed by atoms with Crippen LogP contribution in [0, 0.1) is 12.8 Å². The van der Waals surface area contributed by atoms with Crippen molar-refractivity contribution in [2.45, 2.75) is 92.7 Å². The first kappa shape index (κ1) is 37.3. The molecule has 4 nitrogen and oxygen atoms in total. The van der Waals surface area contributed by atoms with Crippen molar-refractivity contribution in [1.82, 2.24) is 5.32 Å². The third-order valence-electron chi connectivity index (χ3n) is 9.41. The molecule has 3 aromatic carbocycles. The monoisotopic (exact) mass is 656 g/mol. The summed E-state index contributed by atoms with van der Waals surface area (Å²) in [6, 6.07) is 12.8. The van der Waals surface area contributed by atoms with Gasteiger partial charge in [-0.1, -0.05) is 132 Å². The van der Waals surface area contributed by atoms with Crippen LogP contribution in [0.5, 0.6) is 11.5 Å². The van der Waals surface area contributed by atoms with Gasteiger partial charge in [-0.3, -0.25) is 0 Å². The molecule has 0 spiro atoms. The van der Waals surface area contributed by atoms with Crippen molar-refractivity contribution in [3.63, 3.8) is 0 Å². The zero-order valence-electron chi connectivity index (χ0n) is 30.4. The summed E-state index contributed by atoms with van der Waals surface area (Å²) in [5.74, 6) is 0.243. The van der Waals surface area contributed by atoms with Crippen LogP contribution >= 0.6 is 0 Å². The molecule has 1 aliphatic rings. The quantitative estimate of drug-likeness (QED) is 0.0746. The third-order valence-corrected chi connectivity index (χ3v) is 9.41. The van der Waals surface area contributed by atoms with Crippen molar-refractivity contribution < 1.29 is 10.2 Å². The lowest BCUT2D eigenvalue weighted by Crippen LogP contribution is -2.29. The number of hydrogen-bond donors (Lipinski definition) is 4. The van der Waals surface area contributed by atoms with Gasteiger partial charge in [-0.25, -0.2) is 0 Å². The molecule has 49 heavy (non-hydrogen) atoms. The van der Waals surface area contributed by atoms with Gasteiger partial charge in [0.15, 0.2) is 11.5 Å². The number of phenolic OH excluding ortho intramolecular Hbond substituents is 2. The molecular weight excluding hydrogens is 601 g/mol. The van der Waals surface area contributed by atoms with E-state index in [1.165, 1.54) is 5.57 Å². The number of nitrogens with one attached hydrogen (secondary N) is 1. The highest BCUT2D eigenvalue weighted by atomic mass is 16.3. The summed E-state index contributed by atoms with van der Waals surface area (Å²) < 4.78 is 0. The summed E-state index contributed by atoms with van der Waals surface area (Å²) in [5, 5.41) is 26.3. The second-order valence-corrected chi connectivity index (χ2v) is 13.0. The molecule has 0 heterocycles. The fourth-order valence-corrected chi connectivity index (χ4v) is 6.95. The van der Waals surface area contributed by atoms with Crippen molar-refractivity contribution in [2.24, 2.45) is 11.7 Å². The van der Waals surface area contributed by atoms with Crippen molar-refractivity contribution in [3.05, 3.63) is 136 Å². The van der Waals surface area contributed by atoms with E-state index in [0.717, 1.165) is 93.4 Å². The Kier molecular flexibility index (Phi) is 13.5. The minimum atomic E-state index is -0.445. The Morgan fingerprint density at radius 1 is 0.959 bits per heavy atom. The average Bonchev–Trinajstić information content (AvgIpc) is 3.11. The second-order valence-electron chi connectivity index (χ2n) is 13.0. The van der Waals surface area contributed by atoms with Crippen LogP contribution in [0.4, 0.5) is 0 Å². The molecule has 0 amide bonds. The smallest absolute Gasteiger partial charge is 0.161 e. The van der Waals surface area contributed by atoms with Crippen molar-refractivity contribution in [1.29, 1.82) is 0 Å². The van der Waals surface area contributed by atoms with E-state index in [2.05, 4.69) is 112 Å². The number of hydrogen-bond acceptors (Lipinski definition) is 4. The first-order valence-electron chi connectivity index (χ1n) is 18.0. The standard InChI is InChI=1S/C45H56N2O2/c1-8-13-15-21-30(6)28-40(33-22-16-14-17-23-33)47-45(46)34-27-26-31(7)39(29-34)41-32(11-4)24-18-25-37(41)42-36(19-9-2)35(12-5)43(48)44(49)38(42)20-10-3/h8,11,13-16,18,21-22,24-30,45,47-49H,4,9-10,12,17,19-20,23,46H2,1-3,5-7H3/b13-8-,21-15-,40-28-. The summed E-state index contributed by atoms with van der Waals surface area (Å²) in [7, 11) is 0. The van der Waals surface area contributed by atoms with Crippen LogP contribution in [0.2, 0.25) is 0 Å². The Labute approximate surface area is 295 Å². The van der Waals surface area contributed by atoms with Gasteiger partial charge < -0.3 is 21.3 Å². The highest BCUT2D eigenvalue weighted by Gasteiger charge is 2.26. The molecule has 4 heteroatoms. The molecule has 5 N–H and O–H groups in total. The van der Waals surface area contributed by atoms with Gasteiger partial charge in [-0.2, -0.15) is 0 Å². The summed E-state index contributed by atoms with van der Waals surface area (Å²) in [6.07, 6.45) is 24.4. The number of allylic oxidation sites excluding steroid dienone is 9. The number of phenols is 2. The fourth-order valence-electron chi connectivity index (χ4n) is 6.95. The normalized spacial score (nSPS) is 14.8. The van der Waals surface area contributed by atoms with Crippen LogP contribution in [-0.2, 0) is 19.3 Å². The molecule has 0 radical (unpaired) electrons. The number of aromatic hydroxyl groups is 2. The van der Waals surface area contributed by atoms with Crippen molar-refractivity contribution in [3.8, 4) is 33.8 Å². The first-order valence-corrected chi connectivity index (χ1v) is 18.0. The van der Waals surface area contributed by atoms with Crippen LogP contribution in [0.3, 0.4) is 0 Å². The Bertz CT molecular complexity index is 1790. The molecule has 3 aromatic rings. The Hall–Kier alpha value is -4.54. The van der Waals surface area contributed by atoms with Gasteiger partial charge in [0, 0.05) is 16.8 Å². The molecule has 0 saturated heterocycles. The lowest BCUT2D eigenvalue weighted by molar-refractivity contribution is 0.394. The number of benzene rings is 3. The largest absolute Gasteiger partial charge is 0.504 e. The number of aryl methyl sites for hydroxylation is 1. The van der Waals surface area contributed by atoms with E-state index in [4.69, 9.17) is 5.73 Å². The van der Waals surface area contributed by atoms with E-state index < -0.39 is 6.17 Å². The minimum absolute atomic E-state index is 0.00109. The van der Waals surface area contributed by atoms with E-state index in [1.807, 2.05) is 32.1 Å². The van der Waals surface area contributed by atoms with E-state index >= 15 is 0 Å². The van der Waals surface area contributed by atoms with Gasteiger partial charge in [0.2, 0.25) is 0 Å². The van der Waals surface area contributed by atoms with Crippen LogP contribution in [0.25, 0.3) is 28.3 Å². The third kappa shape index (κ3) is 8.55. The zero-order valence-corrected chi connectivity index (χ0v) is 30.4. The molecule has 4 rings (SSSR count). The maximum atomic E-state index is 11.4. The highest BCUT2D eigenvalue weighted by molar-refractivity contribution is 5.94. The predicted molar refractivity (Wildman–Crippen MR) is 211 cm³/mol. The summed E-state index contributed by atoms with van der Waals surface area (Å²) in [5.41, 5.74) is 19.4. The van der Waals surface area contributed by atoms with Crippen molar-refractivity contribution >= 4 is 6.08 Å². The highest BCUT2D eigenvalue weighted by Crippen LogP contribution is 2.48. The maximum Gasteiger partial charge on any atom is 0.161 e. The van der Waals surface area contributed by atoms with Gasteiger partial charge in [0.05, 0.1) is 0 Å². The fraction of sp³-hybridized carbons (Fsp3) is 0.333. The number of rotatable bonds is 15. The van der Waals surface area contributed by atoms with Gasteiger partial charge >= 0.3 is 0 Å². The molecular formula is C45H56N2O2. The molecule has 258 valence electrons. The predicted octanol–water partition coefficient (Wildman–Crippen LogP) is 11.3. The molecule has 0 aromatic heterocycles. The Balaban J connectivity index is 1.91. The molecule has 0 bridgehead atoms. The van der Waals surface area contributed by atoms with Crippen LogP contribution in [0.1, 0.15) is 99.8 Å². The Morgan fingerprint density at radius 3 is 2.35 bits per heavy atom. The van der Waals surface area contributed by atoms with E-state index in [1.54, 1.807) is 0 Å². The molecule has 1 aliphatic carbocycles. The first-order chi connectivity index (χ1) is 23.7. The van der Waals surface area contributed by atoms with Gasteiger partial charge in [0.1, 0.15) is 6.17 Å². The van der Waals surface area contributed by atoms with Gasteiger partial charge in [-0.15, -0.1) is 0 Å². The van der Waals surface area contributed by atoms with Crippen LogP contribution in [0.15, 0.2) is 103 Å². The zero-order chi connectivity index (χ0) is 35.5. The Morgan fingerprint density at radius 2 is 1.69 bits per heavy atom. The lowest BCUT2D eigenvalue weighted by Gasteiger charge is -2.26. The topological polar surface area (TPSA) is 78.5 Å².